The molecular formula is C18H26ClNO2. The molecule has 1 aromatic rings. The number of carbonyl (C=O) groups is 1. The Morgan fingerprint density at radius 3 is 2.73 bits per heavy atom. The molecule has 122 valence electrons. The molecule has 1 aliphatic carbocycles. The number of aliphatic hydroxyl groups is 1. The monoisotopic (exact) mass is 323 g/mol. The maximum atomic E-state index is 12.4. The molecule has 2 unspecified atom stereocenters. The van der Waals surface area contributed by atoms with E-state index in [2.05, 4.69) is 19.2 Å². The van der Waals surface area contributed by atoms with E-state index < -0.39 is 0 Å². The maximum absolute atomic E-state index is 12.4. The number of benzene rings is 1. The van der Waals surface area contributed by atoms with Gasteiger partial charge < -0.3 is 10.4 Å². The van der Waals surface area contributed by atoms with Gasteiger partial charge in [-0.25, -0.2) is 0 Å². The van der Waals surface area contributed by atoms with Gasteiger partial charge in [-0.2, -0.15) is 0 Å². The molecule has 22 heavy (non-hydrogen) atoms. The molecule has 4 heteroatoms. The summed E-state index contributed by atoms with van der Waals surface area (Å²) in [4.78, 5) is 12.4. The molecule has 2 atom stereocenters. The summed E-state index contributed by atoms with van der Waals surface area (Å²) in [5.74, 6) is 0.502. The second kappa shape index (κ2) is 7.47. The van der Waals surface area contributed by atoms with Crippen LogP contribution in [0.15, 0.2) is 24.3 Å². The van der Waals surface area contributed by atoms with Crippen molar-refractivity contribution in [2.75, 3.05) is 13.2 Å². The number of nitrogens with one attached hydrogen (secondary N) is 1. The Morgan fingerprint density at radius 1 is 1.41 bits per heavy atom. The van der Waals surface area contributed by atoms with Crippen LogP contribution in [-0.4, -0.2) is 24.2 Å². The highest BCUT2D eigenvalue weighted by Gasteiger charge is 2.44. The smallest absolute Gasteiger partial charge is 0.223 e. The molecular weight excluding hydrogens is 298 g/mol. The predicted molar refractivity (Wildman–Crippen MR) is 90.0 cm³/mol. The third-order valence-corrected chi connectivity index (χ3v) is 5.42. The molecule has 0 spiro atoms. The summed E-state index contributed by atoms with van der Waals surface area (Å²) in [6.07, 6.45) is 3.57. The van der Waals surface area contributed by atoms with Crippen molar-refractivity contribution in [2.45, 2.75) is 45.4 Å². The first-order chi connectivity index (χ1) is 10.5. The van der Waals surface area contributed by atoms with Crippen molar-refractivity contribution in [3.63, 3.8) is 0 Å². The second-order valence-electron chi connectivity index (χ2n) is 6.40. The first kappa shape index (κ1) is 17.3. The zero-order chi connectivity index (χ0) is 16.2. The summed E-state index contributed by atoms with van der Waals surface area (Å²) in [5, 5.41) is 13.1. The molecule has 0 aromatic heterocycles. The summed E-state index contributed by atoms with van der Waals surface area (Å²) in [6.45, 7) is 5.07. The lowest BCUT2D eigenvalue weighted by molar-refractivity contribution is -0.123. The molecule has 0 bridgehead atoms. The predicted octanol–water partition coefficient (Wildman–Crippen LogP) is 3.75. The number of carbonyl (C=O) groups excluding carboxylic acids is 1. The largest absolute Gasteiger partial charge is 0.396 e. The van der Waals surface area contributed by atoms with E-state index in [-0.39, 0.29) is 23.8 Å². The van der Waals surface area contributed by atoms with Crippen LogP contribution in [0.1, 0.15) is 51.0 Å². The molecule has 0 radical (unpaired) electrons. The SMILES string of the molecule is CCC(CC)(CCO)CNC(=O)C1CC1c1cccc(Cl)c1. The highest BCUT2D eigenvalue weighted by atomic mass is 35.5. The first-order valence-corrected chi connectivity index (χ1v) is 8.57. The Kier molecular flexibility index (Phi) is 5.87. The van der Waals surface area contributed by atoms with Crippen LogP contribution in [0.25, 0.3) is 0 Å². The number of aliphatic hydroxyl groups excluding tert-OH is 1. The molecule has 1 aromatic carbocycles. The number of hydrogen-bond donors (Lipinski definition) is 2. The zero-order valence-corrected chi connectivity index (χ0v) is 14.2. The number of rotatable bonds is 8. The minimum atomic E-state index is 0.0187. The van der Waals surface area contributed by atoms with Crippen LogP contribution in [0.2, 0.25) is 5.02 Å². The number of amides is 1. The molecule has 1 fully saturated rings. The molecule has 1 saturated carbocycles. The lowest BCUT2D eigenvalue weighted by Crippen LogP contribution is -2.38. The summed E-state index contributed by atoms with van der Waals surface area (Å²) in [6, 6.07) is 7.78. The van der Waals surface area contributed by atoms with E-state index in [0.29, 0.717) is 12.5 Å². The van der Waals surface area contributed by atoms with Crippen molar-refractivity contribution in [3.05, 3.63) is 34.9 Å². The van der Waals surface area contributed by atoms with Gasteiger partial charge in [0.15, 0.2) is 0 Å². The Bertz CT molecular complexity index is 514. The van der Waals surface area contributed by atoms with E-state index in [4.69, 9.17) is 11.6 Å². The number of hydrogen-bond acceptors (Lipinski definition) is 2. The Morgan fingerprint density at radius 2 is 2.14 bits per heavy atom. The molecule has 0 saturated heterocycles. The van der Waals surface area contributed by atoms with Gasteiger partial charge in [-0.3, -0.25) is 4.79 Å². The van der Waals surface area contributed by atoms with E-state index in [1.165, 1.54) is 0 Å². The van der Waals surface area contributed by atoms with Gasteiger partial charge in [0.25, 0.3) is 0 Å². The van der Waals surface area contributed by atoms with Crippen LogP contribution in [0.4, 0.5) is 0 Å². The van der Waals surface area contributed by atoms with Gasteiger partial charge in [-0.15, -0.1) is 0 Å². The van der Waals surface area contributed by atoms with Gasteiger partial charge in [0.2, 0.25) is 5.91 Å². The van der Waals surface area contributed by atoms with E-state index in [1.54, 1.807) is 0 Å². The molecule has 2 rings (SSSR count). The number of halogens is 1. The van der Waals surface area contributed by atoms with Crippen molar-refractivity contribution in [3.8, 4) is 0 Å². The van der Waals surface area contributed by atoms with Gasteiger partial charge in [-0.1, -0.05) is 37.6 Å². The summed E-state index contributed by atoms with van der Waals surface area (Å²) < 4.78 is 0. The molecule has 3 nitrogen and oxygen atoms in total. The van der Waals surface area contributed by atoms with Crippen LogP contribution >= 0.6 is 11.6 Å². The summed E-state index contributed by atoms with van der Waals surface area (Å²) >= 11 is 6.01. The fourth-order valence-corrected chi connectivity index (χ4v) is 3.37. The fraction of sp³-hybridized carbons (Fsp3) is 0.611. The third-order valence-electron chi connectivity index (χ3n) is 5.18. The van der Waals surface area contributed by atoms with Crippen molar-refractivity contribution in [1.29, 1.82) is 0 Å². The topological polar surface area (TPSA) is 49.3 Å². The quantitative estimate of drug-likeness (QED) is 0.765. The standard InChI is InChI=1S/C18H26ClNO2/c1-3-18(4-2,8-9-21)12-20-17(22)16-11-15(16)13-6-5-7-14(19)10-13/h5-7,10,15-16,21H,3-4,8-9,11-12H2,1-2H3,(H,20,22). The van der Waals surface area contributed by atoms with Crippen LogP contribution in [-0.2, 0) is 4.79 Å². The Labute approximate surface area is 138 Å². The average Bonchev–Trinajstić information content (AvgIpc) is 3.32. The van der Waals surface area contributed by atoms with Crippen molar-refractivity contribution in [1.82, 2.24) is 5.32 Å². The van der Waals surface area contributed by atoms with Gasteiger partial charge in [0, 0.05) is 24.1 Å². The van der Waals surface area contributed by atoms with Crippen LogP contribution in [0.3, 0.4) is 0 Å². The zero-order valence-electron chi connectivity index (χ0n) is 13.4. The molecule has 0 aliphatic heterocycles. The summed E-state index contributed by atoms with van der Waals surface area (Å²) in [5.41, 5.74) is 1.17. The van der Waals surface area contributed by atoms with Crippen LogP contribution in [0, 0.1) is 11.3 Å². The highest BCUT2D eigenvalue weighted by molar-refractivity contribution is 6.30. The van der Waals surface area contributed by atoms with Crippen molar-refractivity contribution in [2.24, 2.45) is 11.3 Å². The first-order valence-electron chi connectivity index (χ1n) is 8.19. The molecule has 2 N–H and O–H groups in total. The molecule has 1 aliphatic rings. The minimum Gasteiger partial charge on any atom is -0.396 e. The lowest BCUT2D eigenvalue weighted by atomic mass is 9.79. The van der Waals surface area contributed by atoms with E-state index in [9.17, 15) is 9.90 Å². The van der Waals surface area contributed by atoms with Crippen LogP contribution in [0.5, 0.6) is 0 Å². The highest BCUT2D eigenvalue weighted by Crippen LogP contribution is 2.48. The van der Waals surface area contributed by atoms with Crippen molar-refractivity contribution < 1.29 is 9.90 Å². The molecule has 0 heterocycles. The van der Waals surface area contributed by atoms with Gasteiger partial charge in [0.1, 0.15) is 0 Å². The second-order valence-corrected chi connectivity index (χ2v) is 6.84. The van der Waals surface area contributed by atoms with E-state index >= 15 is 0 Å². The normalized spacial score (nSPS) is 20.7. The van der Waals surface area contributed by atoms with Crippen molar-refractivity contribution >= 4 is 17.5 Å². The Hall–Kier alpha value is -1.06. The third kappa shape index (κ3) is 4.02. The van der Waals surface area contributed by atoms with E-state index in [1.807, 2.05) is 24.3 Å². The van der Waals surface area contributed by atoms with E-state index in [0.717, 1.165) is 36.3 Å². The van der Waals surface area contributed by atoms with Gasteiger partial charge in [0.05, 0.1) is 0 Å². The van der Waals surface area contributed by atoms with Crippen LogP contribution < -0.4 is 5.32 Å². The van der Waals surface area contributed by atoms with Gasteiger partial charge in [-0.05, 0) is 54.7 Å². The Balaban J connectivity index is 1.89. The molecule has 1 amide bonds. The van der Waals surface area contributed by atoms with Gasteiger partial charge >= 0.3 is 0 Å². The minimum absolute atomic E-state index is 0.0187. The average molecular weight is 324 g/mol. The fourth-order valence-electron chi connectivity index (χ4n) is 3.18. The summed E-state index contributed by atoms with van der Waals surface area (Å²) in [7, 11) is 0. The maximum Gasteiger partial charge on any atom is 0.223 e. The lowest BCUT2D eigenvalue weighted by Gasteiger charge is -2.31.